The minimum absolute atomic E-state index is 0.0419. The van der Waals surface area contributed by atoms with Crippen molar-refractivity contribution < 1.29 is 9.59 Å². The zero-order valence-corrected chi connectivity index (χ0v) is 19.1. The third-order valence-corrected chi connectivity index (χ3v) is 6.87. The van der Waals surface area contributed by atoms with E-state index in [1.807, 2.05) is 9.80 Å². The highest BCUT2D eigenvalue weighted by atomic mass is 35.5. The zero-order chi connectivity index (χ0) is 22.0. The lowest BCUT2D eigenvalue weighted by atomic mass is 9.95. The van der Waals surface area contributed by atoms with Crippen molar-refractivity contribution >= 4 is 29.1 Å². The molecule has 2 aromatic rings. The highest BCUT2D eigenvalue weighted by Crippen LogP contribution is 2.26. The van der Waals surface area contributed by atoms with Crippen LogP contribution in [0.3, 0.4) is 0 Å². The van der Waals surface area contributed by atoms with Gasteiger partial charge in [0.05, 0.1) is 5.92 Å². The molecule has 164 valence electrons. The molecule has 31 heavy (non-hydrogen) atoms. The lowest BCUT2D eigenvalue weighted by molar-refractivity contribution is -0.137. The van der Waals surface area contributed by atoms with Gasteiger partial charge in [0.15, 0.2) is 0 Å². The summed E-state index contributed by atoms with van der Waals surface area (Å²) in [5.41, 5.74) is 4.46. The number of piperidine rings is 1. The molecule has 0 radical (unpaired) electrons. The number of piperazine rings is 1. The van der Waals surface area contributed by atoms with Gasteiger partial charge in [0.25, 0.3) is 5.91 Å². The summed E-state index contributed by atoms with van der Waals surface area (Å²) in [6.07, 6.45) is 1.69. The second-order valence-corrected chi connectivity index (χ2v) is 9.07. The number of hydrogen-bond donors (Lipinski definition) is 0. The van der Waals surface area contributed by atoms with Crippen molar-refractivity contribution in [3.63, 3.8) is 0 Å². The van der Waals surface area contributed by atoms with Crippen LogP contribution >= 0.6 is 11.6 Å². The molecule has 4 rings (SSSR count). The normalized spacial score (nSPS) is 19.5. The summed E-state index contributed by atoms with van der Waals surface area (Å²) in [5, 5.41) is 0.553. The maximum atomic E-state index is 13.2. The molecule has 0 bridgehead atoms. The number of anilines is 1. The summed E-state index contributed by atoms with van der Waals surface area (Å²) >= 11 is 6.05. The number of hydrogen-bond acceptors (Lipinski definition) is 3. The molecule has 2 amide bonds. The number of nitrogens with zero attached hydrogens (tertiary/aromatic N) is 3. The van der Waals surface area contributed by atoms with Gasteiger partial charge in [-0.1, -0.05) is 29.8 Å². The molecule has 0 aromatic heterocycles. The molecule has 6 heteroatoms. The molecule has 1 atom stereocenters. The van der Waals surface area contributed by atoms with E-state index in [1.165, 1.54) is 16.8 Å². The van der Waals surface area contributed by atoms with E-state index in [-0.39, 0.29) is 17.7 Å². The van der Waals surface area contributed by atoms with E-state index < -0.39 is 0 Å². The molecule has 0 N–H and O–H groups in total. The minimum Gasteiger partial charge on any atom is -0.368 e. The van der Waals surface area contributed by atoms with E-state index >= 15 is 0 Å². The Labute approximate surface area is 189 Å². The Hall–Kier alpha value is -2.53. The highest BCUT2D eigenvalue weighted by Gasteiger charge is 2.33. The monoisotopic (exact) mass is 439 g/mol. The van der Waals surface area contributed by atoms with Crippen molar-refractivity contribution in [1.29, 1.82) is 0 Å². The van der Waals surface area contributed by atoms with Gasteiger partial charge >= 0.3 is 0 Å². The van der Waals surface area contributed by atoms with Crippen LogP contribution in [0.15, 0.2) is 42.5 Å². The van der Waals surface area contributed by atoms with E-state index in [1.54, 1.807) is 24.3 Å². The summed E-state index contributed by atoms with van der Waals surface area (Å²) in [7, 11) is 0. The standard InChI is InChI=1S/C25H30ClN3O2/c1-18-6-3-10-23(19(18)2)27-12-14-28(15-13-27)25(31)21-8-5-11-29(17-21)24(30)20-7-4-9-22(26)16-20/h3-4,6-7,9-10,16,21H,5,8,11-15,17H2,1-2H3/t21-/m0/s1. The molecule has 0 aliphatic carbocycles. The Morgan fingerprint density at radius 1 is 0.935 bits per heavy atom. The molecule has 2 fully saturated rings. The predicted molar refractivity (Wildman–Crippen MR) is 125 cm³/mol. The van der Waals surface area contributed by atoms with Gasteiger partial charge in [0.1, 0.15) is 0 Å². The van der Waals surface area contributed by atoms with Crippen molar-refractivity contribution in [2.75, 3.05) is 44.2 Å². The first-order valence-electron chi connectivity index (χ1n) is 11.1. The van der Waals surface area contributed by atoms with Crippen LogP contribution in [0.25, 0.3) is 0 Å². The molecule has 2 aromatic carbocycles. The Balaban J connectivity index is 1.36. The zero-order valence-electron chi connectivity index (χ0n) is 18.3. The quantitative estimate of drug-likeness (QED) is 0.721. The fourth-order valence-electron chi connectivity index (χ4n) is 4.67. The molecular formula is C25H30ClN3O2. The third kappa shape index (κ3) is 4.72. The smallest absolute Gasteiger partial charge is 0.253 e. The fraction of sp³-hybridized carbons (Fsp3) is 0.440. The van der Waals surface area contributed by atoms with Gasteiger partial charge in [-0.25, -0.2) is 0 Å². The molecular weight excluding hydrogens is 410 g/mol. The first-order valence-corrected chi connectivity index (χ1v) is 11.5. The maximum Gasteiger partial charge on any atom is 0.253 e. The average Bonchev–Trinajstić information content (AvgIpc) is 2.80. The van der Waals surface area contributed by atoms with Gasteiger partial charge < -0.3 is 14.7 Å². The first-order chi connectivity index (χ1) is 14.9. The summed E-state index contributed by atoms with van der Waals surface area (Å²) in [6, 6.07) is 13.4. The Morgan fingerprint density at radius 2 is 1.68 bits per heavy atom. The number of likely N-dealkylation sites (tertiary alicyclic amines) is 1. The van der Waals surface area contributed by atoms with E-state index in [0.717, 1.165) is 39.0 Å². The van der Waals surface area contributed by atoms with Crippen LogP contribution in [0.4, 0.5) is 5.69 Å². The van der Waals surface area contributed by atoms with Gasteiger partial charge in [-0.3, -0.25) is 9.59 Å². The first kappa shape index (κ1) is 21.7. The van der Waals surface area contributed by atoms with E-state index in [0.29, 0.717) is 23.7 Å². The van der Waals surface area contributed by atoms with Gasteiger partial charge in [0, 0.05) is 55.5 Å². The van der Waals surface area contributed by atoms with Crippen LogP contribution in [0.1, 0.15) is 34.3 Å². The number of benzene rings is 2. The highest BCUT2D eigenvalue weighted by molar-refractivity contribution is 6.30. The van der Waals surface area contributed by atoms with Crippen LogP contribution < -0.4 is 4.90 Å². The van der Waals surface area contributed by atoms with Crippen LogP contribution in [0, 0.1) is 19.8 Å². The Morgan fingerprint density at radius 3 is 2.42 bits per heavy atom. The lowest BCUT2D eigenvalue weighted by Crippen LogP contribution is -2.53. The van der Waals surface area contributed by atoms with Gasteiger partial charge in [-0.15, -0.1) is 0 Å². The summed E-state index contributed by atoms with van der Waals surface area (Å²) in [6.45, 7) is 8.61. The Bertz CT molecular complexity index is 969. The maximum absolute atomic E-state index is 13.2. The summed E-state index contributed by atoms with van der Waals surface area (Å²) in [5.74, 6) is 0.0214. The summed E-state index contributed by atoms with van der Waals surface area (Å²) in [4.78, 5) is 32.3. The number of carbonyl (C=O) groups excluding carboxylic acids is 2. The number of halogens is 1. The molecule has 0 spiro atoms. The number of rotatable bonds is 3. The van der Waals surface area contributed by atoms with Gasteiger partial charge in [-0.2, -0.15) is 0 Å². The van der Waals surface area contributed by atoms with Crippen molar-refractivity contribution in [2.45, 2.75) is 26.7 Å². The number of carbonyl (C=O) groups is 2. The molecule has 5 nitrogen and oxygen atoms in total. The van der Waals surface area contributed by atoms with E-state index in [4.69, 9.17) is 11.6 Å². The largest absolute Gasteiger partial charge is 0.368 e. The van der Waals surface area contributed by atoms with E-state index in [9.17, 15) is 9.59 Å². The summed E-state index contributed by atoms with van der Waals surface area (Å²) < 4.78 is 0. The van der Waals surface area contributed by atoms with Crippen LogP contribution in [0.2, 0.25) is 5.02 Å². The molecule has 2 aliphatic rings. The predicted octanol–water partition coefficient (Wildman–Crippen LogP) is 4.16. The topological polar surface area (TPSA) is 43.9 Å². The van der Waals surface area contributed by atoms with Crippen molar-refractivity contribution in [3.8, 4) is 0 Å². The number of aryl methyl sites for hydroxylation is 1. The molecule has 2 saturated heterocycles. The molecule has 2 heterocycles. The van der Waals surface area contributed by atoms with Crippen molar-refractivity contribution in [2.24, 2.45) is 5.92 Å². The van der Waals surface area contributed by atoms with Gasteiger partial charge in [0.2, 0.25) is 5.91 Å². The lowest BCUT2D eigenvalue weighted by Gasteiger charge is -2.40. The molecule has 2 aliphatic heterocycles. The molecule has 0 unspecified atom stereocenters. The van der Waals surface area contributed by atoms with Gasteiger partial charge in [-0.05, 0) is 62.1 Å². The van der Waals surface area contributed by atoms with Crippen LogP contribution in [-0.2, 0) is 4.79 Å². The second-order valence-electron chi connectivity index (χ2n) is 8.63. The van der Waals surface area contributed by atoms with Crippen LogP contribution in [-0.4, -0.2) is 60.9 Å². The molecule has 0 saturated carbocycles. The van der Waals surface area contributed by atoms with Crippen LogP contribution in [0.5, 0.6) is 0 Å². The minimum atomic E-state index is -0.121. The average molecular weight is 440 g/mol. The second kappa shape index (κ2) is 9.31. The third-order valence-electron chi connectivity index (χ3n) is 6.64. The van der Waals surface area contributed by atoms with E-state index in [2.05, 4.69) is 36.9 Å². The van der Waals surface area contributed by atoms with Crippen molar-refractivity contribution in [3.05, 3.63) is 64.2 Å². The SMILES string of the molecule is Cc1cccc(N2CCN(C(=O)[C@H]3CCCN(C(=O)c4cccc(Cl)c4)C3)CC2)c1C. The Kier molecular flexibility index (Phi) is 6.51. The fourth-order valence-corrected chi connectivity index (χ4v) is 4.86. The van der Waals surface area contributed by atoms with Crippen molar-refractivity contribution in [1.82, 2.24) is 9.80 Å². The number of amides is 2.